The highest BCUT2D eigenvalue weighted by molar-refractivity contribution is 5.28. The Hall–Kier alpha value is -1.13. The zero-order valence-electron chi connectivity index (χ0n) is 11.9. The summed E-state index contributed by atoms with van der Waals surface area (Å²) in [5.74, 6) is 0.754. The van der Waals surface area contributed by atoms with Crippen molar-refractivity contribution in [3.63, 3.8) is 0 Å². The number of aromatic nitrogens is 1. The maximum atomic E-state index is 5.78. The predicted octanol–water partition coefficient (Wildman–Crippen LogP) is 2.08. The number of hydrogen-bond donors (Lipinski definition) is 1. The van der Waals surface area contributed by atoms with E-state index in [1.54, 1.807) is 6.20 Å². The van der Waals surface area contributed by atoms with Gasteiger partial charge in [-0.2, -0.15) is 0 Å². The van der Waals surface area contributed by atoms with Crippen LogP contribution >= 0.6 is 0 Å². The first-order valence-electron chi connectivity index (χ1n) is 6.61. The van der Waals surface area contributed by atoms with E-state index in [9.17, 15) is 0 Å². The van der Waals surface area contributed by atoms with Crippen LogP contribution in [0, 0.1) is 0 Å². The molecule has 0 aromatic carbocycles. The third kappa shape index (κ3) is 5.02. The summed E-state index contributed by atoms with van der Waals surface area (Å²) in [6.45, 7) is 6.92. The molecule has 4 heteroatoms. The van der Waals surface area contributed by atoms with E-state index in [1.807, 2.05) is 6.07 Å². The Kier molecular flexibility index (Phi) is 6.68. The molecule has 1 atom stereocenters. The average molecular weight is 251 g/mol. The van der Waals surface area contributed by atoms with Gasteiger partial charge in [-0.15, -0.1) is 0 Å². The second-order valence-electron chi connectivity index (χ2n) is 4.68. The lowest BCUT2D eigenvalue weighted by Gasteiger charge is -2.17. The molecule has 1 aromatic heterocycles. The van der Waals surface area contributed by atoms with Crippen LogP contribution in [0.5, 0.6) is 5.88 Å². The quantitative estimate of drug-likeness (QED) is 0.718. The van der Waals surface area contributed by atoms with Crippen molar-refractivity contribution in [3.05, 3.63) is 23.9 Å². The number of rotatable bonds is 8. The van der Waals surface area contributed by atoms with E-state index >= 15 is 0 Å². The molecule has 1 N–H and O–H groups in total. The molecule has 0 aliphatic heterocycles. The molecule has 0 fully saturated rings. The summed E-state index contributed by atoms with van der Waals surface area (Å²) in [6.07, 6.45) is 2.79. The molecule has 0 spiro atoms. The third-order valence-corrected chi connectivity index (χ3v) is 2.77. The van der Waals surface area contributed by atoms with Crippen LogP contribution in [0.3, 0.4) is 0 Å². The highest BCUT2D eigenvalue weighted by Crippen LogP contribution is 2.22. The zero-order chi connectivity index (χ0) is 13.4. The fourth-order valence-electron chi connectivity index (χ4n) is 1.82. The van der Waals surface area contributed by atoms with Gasteiger partial charge in [0.2, 0.25) is 5.88 Å². The molecule has 0 radical (unpaired) electrons. The fourth-order valence-corrected chi connectivity index (χ4v) is 1.82. The van der Waals surface area contributed by atoms with E-state index in [2.05, 4.69) is 49.2 Å². The number of hydrogen-bond acceptors (Lipinski definition) is 4. The maximum Gasteiger partial charge on any atom is 0.218 e. The molecular weight excluding hydrogens is 226 g/mol. The van der Waals surface area contributed by atoms with Gasteiger partial charge in [0.15, 0.2) is 0 Å². The van der Waals surface area contributed by atoms with E-state index in [4.69, 9.17) is 4.74 Å². The Morgan fingerprint density at radius 3 is 2.89 bits per heavy atom. The number of nitrogens with one attached hydrogen (secondary N) is 1. The molecule has 102 valence electrons. The van der Waals surface area contributed by atoms with Crippen molar-refractivity contribution in [1.29, 1.82) is 0 Å². The summed E-state index contributed by atoms with van der Waals surface area (Å²) >= 11 is 0. The van der Waals surface area contributed by atoms with E-state index < -0.39 is 0 Å². The molecular formula is C14H25N3O. The predicted molar refractivity (Wildman–Crippen MR) is 75.0 cm³/mol. The minimum atomic E-state index is 0.271. The Morgan fingerprint density at radius 2 is 2.22 bits per heavy atom. The van der Waals surface area contributed by atoms with Crippen molar-refractivity contribution in [1.82, 2.24) is 15.2 Å². The van der Waals surface area contributed by atoms with Gasteiger partial charge in [0.1, 0.15) is 0 Å². The number of pyridine rings is 1. The molecule has 18 heavy (non-hydrogen) atoms. The minimum Gasteiger partial charge on any atom is -0.477 e. The van der Waals surface area contributed by atoms with Crippen molar-refractivity contribution >= 4 is 0 Å². The number of ether oxygens (including phenoxy) is 1. The molecule has 0 saturated carbocycles. The first-order chi connectivity index (χ1) is 8.65. The maximum absolute atomic E-state index is 5.78. The van der Waals surface area contributed by atoms with Crippen LogP contribution < -0.4 is 10.1 Å². The second-order valence-corrected chi connectivity index (χ2v) is 4.68. The van der Waals surface area contributed by atoms with Gasteiger partial charge in [-0.3, -0.25) is 0 Å². The Labute approximate surface area is 110 Å². The smallest absolute Gasteiger partial charge is 0.218 e. The summed E-state index contributed by atoms with van der Waals surface area (Å²) in [7, 11) is 4.14. The van der Waals surface area contributed by atoms with Gasteiger partial charge in [-0.1, -0.05) is 13.0 Å². The van der Waals surface area contributed by atoms with Crippen molar-refractivity contribution in [2.24, 2.45) is 0 Å². The van der Waals surface area contributed by atoms with Gasteiger partial charge in [0, 0.05) is 24.3 Å². The van der Waals surface area contributed by atoms with Crippen molar-refractivity contribution in [2.75, 3.05) is 33.8 Å². The minimum absolute atomic E-state index is 0.271. The highest BCUT2D eigenvalue weighted by atomic mass is 16.5. The van der Waals surface area contributed by atoms with Gasteiger partial charge in [-0.05, 0) is 40.1 Å². The molecule has 0 saturated heterocycles. The van der Waals surface area contributed by atoms with Crippen LogP contribution in [0.2, 0.25) is 0 Å². The van der Waals surface area contributed by atoms with E-state index in [0.717, 1.165) is 31.0 Å². The fraction of sp³-hybridized carbons (Fsp3) is 0.643. The van der Waals surface area contributed by atoms with Gasteiger partial charge >= 0.3 is 0 Å². The zero-order valence-corrected chi connectivity index (χ0v) is 11.9. The number of nitrogens with zero attached hydrogens (tertiary/aromatic N) is 2. The van der Waals surface area contributed by atoms with Gasteiger partial charge in [-0.25, -0.2) is 4.98 Å². The van der Waals surface area contributed by atoms with Crippen molar-refractivity contribution in [3.8, 4) is 5.88 Å². The summed E-state index contributed by atoms with van der Waals surface area (Å²) < 4.78 is 5.78. The topological polar surface area (TPSA) is 37.4 Å². The first kappa shape index (κ1) is 14.9. The molecule has 1 unspecified atom stereocenters. The van der Waals surface area contributed by atoms with Crippen molar-refractivity contribution < 1.29 is 4.74 Å². The lowest BCUT2D eigenvalue weighted by atomic mass is 10.1. The van der Waals surface area contributed by atoms with Crippen LogP contribution in [0.15, 0.2) is 18.3 Å². The molecule has 1 aromatic rings. The van der Waals surface area contributed by atoms with Crippen LogP contribution in [0.25, 0.3) is 0 Å². The molecule has 4 nitrogen and oxygen atoms in total. The van der Waals surface area contributed by atoms with Gasteiger partial charge < -0.3 is 15.0 Å². The summed E-state index contributed by atoms with van der Waals surface area (Å²) in [5.41, 5.74) is 1.13. The monoisotopic (exact) mass is 251 g/mol. The van der Waals surface area contributed by atoms with Crippen LogP contribution in [-0.2, 0) is 0 Å². The van der Waals surface area contributed by atoms with Crippen LogP contribution in [0.1, 0.15) is 31.9 Å². The standard InChI is InChI=1S/C14H25N3O/c1-5-15-12(2)13-8-6-9-16-14(13)18-11-7-10-17(3)4/h6,8-9,12,15H,5,7,10-11H2,1-4H3. The van der Waals surface area contributed by atoms with E-state index in [-0.39, 0.29) is 6.04 Å². The average Bonchev–Trinajstić information content (AvgIpc) is 2.35. The Balaban J connectivity index is 2.53. The molecule has 0 aliphatic carbocycles. The Bertz CT molecular complexity index is 342. The first-order valence-corrected chi connectivity index (χ1v) is 6.61. The summed E-state index contributed by atoms with van der Waals surface area (Å²) in [4.78, 5) is 6.48. The normalized spacial score (nSPS) is 12.7. The van der Waals surface area contributed by atoms with E-state index in [1.165, 1.54) is 0 Å². The molecule has 1 heterocycles. The largest absolute Gasteiger partial charge is 0.477 e. The third-order valence-electron chi connectivity index (χ3n) is 2.77. The van der Waals surface area contributed by atoms with Crippen molar-refractivity contribution in [2.45, 2.75) is 26.3 Å². The SMILES string of the molecule is CCNC(C)c1cccnc1OCCCN(C)C. The Morgan fingerprint density at radius 1 is 1.44 bits per heavy atom. The van der Waals surface area contributed by atoms with E-state index in [0.29, 0.717) is 6.61 Å². The molecule has 1 rings (SSSR count). The van der Waals surface area contributed by atoms with Gasteiger partial charge in [0.05, 0.1) is 6.61 Å². The van der Waals surface area contributed by atoms with Crippen LogP contribution in [0.4, 0.5) is 0 Å². The molecule has 0 amide bonds. The lowest BCUT2D eigenvalue weighted by molar-refractivity contribution is 0.269. The second kappa shape index (κ2) is 8.06. The van der Waals surface area contributed by atoms with Crippen LogP contribution in [-0.4, -0.2) is 43.7 Å². The highest BCUT2D eigenvalue weighted by Gasteiger charge is 2.11. The summed E-state index contributed by atoms with van der Waals surface area (Å²) in [5, 5.41) is 3.38. The lowest BCUT2D eigenvalue weighted by Crippen LogP contribution is -2.20. The molecule has 0 aliphatic rings. The van der Waals surface area contributed by atoms with Gasteiger partial charge in [0.25, 0.3) is 0 Å². The molecule has 0 bridgehead atoms. The summed E-state index contributed by atoms with van der Waals surface area (Å²) in [6, 6.07) is 4.30.